The monoisotopic (exact) mass is 408 g/mol. The number of nitrogens with zero attached hydrogens (tertiary/aromatic N) is 3. The lowest BCUT2D eigenvalue weighted by Crippen LogP contribution is -2.82. The SMILES string of the molecule is COc1ccc(N2C(N)N(C3CCCCCC3)C(N)N(C(C)(C)C)C2N)cc1F. The average Bonchev–Trinajstić information content (AvgIpc) is 2.90. The fraction of sp³-hybridized carbons (Fsp3) is 0.714. The van der Waals surface area contributed by atoms with E-state index in [1.54, 1.807) is 12.1 Å². The van der Waals surface area contributed by atoms with Gasteiger partial charge in [-0.1, -0.05) is 25.7 Å². The van der Waals surface area contributed by atoms with E-state index in [1.807, 2.05) is 4.90 Å². The zero-order valence-electron chi connectivity index (χ0n) is 18.1. The van der Waals surface area contributed by atoms with Crippen molar-refractivity contribution in [3.63, 3.8) is 0 Å². The Labute approximate surface area is 173 Å². The molecule has 0 amide bonds. The van der Waals surface area contributed by atoms with Crippen LogP contribution in [0.25, 0.3) is 0 Å². The molecule has 0 aromatic heterocycles. The van der Waals surface area contributed by atoms with Crippen LogP contribution in [0.1, 0.15) is 59.3 Å². The highest BCUT2D eigenvalue weighted by Gasteiger charge is 2.48. The molecule has 6 N–H and O–H groups in total. The van der Waals surface area contributed by atoms with Gasteiger partial charge in [-0.05, 0) is 45.7 Å². The molecule has 1 saturated carbocycles. The molecule has 2 aliphatic rings. The number of hydrogen-bond donors (Lipinski definition) is 3. The van der Waals surface area contributed by atoms with Crippen molar-refractivity contribution >= 4 is 5.69 Å². The van der Waals surface area contributed by atoms with E-state index in [2.05, 4.69) is 30.6 Å². The second kappa shape index (κ2) is 8.73. The van der Waals surface area contributed by atoms with Crippen molar-refractivity contribution in [1.82, 2.24) is 9.80 Å². The first kappa shape index (κ1) is 22.2. The Bertz CT molecular complexity index is 688. The quantitative estimate of drug-likeness (QED) is 0.661. The van der Waals surface area contributed by atoms with Crippen LogP contribution in [0.5, 0.6) is 5.75 Å². The fourth-order valence-electron chi connectivity index (χ4n) is 4.79. The molecule has 8 heteroatoms. The van der Waals surface area contributed by atoms with E-state index < -0.39 is 24.7 Å². The topological polar surface area (TPSA) is 97.0 Å². The molecule has 2 fully saturated rings. The van der Waals surface area contributed by atoms with E-state index in [0.29, 0.717) is 5.69 Å². The number of benzene rings is 1. The van der Waals surface area contributed by atoms with Crippen LogP contribution in [-0.4, -0.2) is 47.4 Å². The Balaban J connectivity index is 2.02. The number of halogens is 1. The smallest absolute Gasteiger partial charge is 0.167 e. The van der Waals surface area contributed by atoms with Gasteiger partial charge in [0.05, 0.1) is 7.11 Å². The fourth-order valence-corrected chi connectivity index (χ4v) is 4.79. The number of rotatable bonds is 3. The molecular weight excluding hydrogens is 371 g/mol. The maximum Gasteiger partial charge on any atom is 0.167 e. The standard InChI is InChI=1S/C21H37FN6O/c1-21(2,3)28-19(24)26(14-9-7-5-6-8-10-14)18(23)27(20(28)25)15-11-12-17(29-4)16(22)13-15/h11-14,18-20H,5-10,23-25H2,1-4H3. The minimum atomic E-state index is -0.588. The molecule has 0 radical (unpaired) electrons. The minimum absolute atomic E-state index is 0.193. The molecule has 1 saturated heterocycles. The summed E-state index contributed by atoms with van der Waals surface area (Å²) in [5.41, 5.74) is 20.5. The normalized spacial score (nSPS) is 28.4. The van der Waals surface area contributed by atoms with Gasteiger partial charge in [-0.2, -0.15) is 0 Å². The van der Waals surface area contributed by atoms with Crippen LogP contribution in [0, 0.1) is 5.82 Å². The van der Waals surface area contributed by atoms with Gasteiger partial charge in [0.25, 0.3) is 0 Å². The molecule has 1 aromatic carbocycles. The van der Waals surface area contributed by atoms with Crippen molar-refractivity contribution in [1.29, 1.82) is 0 Å². The molecule has 164 valence electrons. The van der Waals surface area contributed by atoms with Crippen molar-refractivity contribution in [2.75, 3.05) is 12.0 Å². The summed E-state index contributed by atoms with van der Waals surface area (Å²) in [6.45, 7) is 6.25. The van der Waals surface area contributed by atoms with Gasteiger partial charge >= 0.3 is 0 Å². The summed E-state index contributed by atoms with van der Waals surface area (Å²) >= 11 is 0. The summed E-state index contributed by atoms with van der Waals surface area (Å²) in [6, 6.07) is 5.10. The van der Waals surface area contributed by atoms with Crippen LogP contribution in [0.3, 0.4) is 0 Å². The van der Waals surface area contributed by atoms with Crippen LogP contribution in [0.4, 0.5) is 10.1 Å². The molecular formula is C21H37FN6O. The summed E-state index contributed by atoms with van der Waals surface area (Å²) in [5.74, 6) is -0.250. The van der Waals surface area contributed by atoms with Gasteiger partial charge in [0.2, 0.25) is 0 Å². The van der Waals surface area contributed by atoms with Gasteiger partial charge in [0.1, 0.15) is 18.9 Å². The second-order valence-corrected chi connectivity index (χ2v) is 9.14. The molecule has 3 unspecified atom stereocenters. The van der Waals surface area contributed by atoms with Crippen molar-refractivity contribution in [3.05, 3.63) is 24.0 Å². The maximum atomic E-state index is 14.5. The van der Waals surface area contributed by atoms with E-state index in [1.165, 1.54) is 38.9 Å². The average molecular weight is 409 g/mol. The molecule has 0 bridgehead atoms. The Morgan fingerprint density at radius 2 is 1.59 bits per heavy atom. The highest BCUT2D eigenvalue weighted by Crippen LogP contribution is 2.35. The maximum absolute atomic E-state index is 14.5. The molecule has 1 aliphatic heterocycles. The number of methoxy groups -OCH3 is 1. The highest BCUT2D eigenvalue weighted by atomic mass is 19.1. The number of anilines is 1. The molecule has 29 heavy (non-hydrogen) atoms. The molecule has 1 aliphatic carbocycles. The predicted octanol–water partition coefficient (Wildman–Crippen LogP) is 2.51. The number of ether oxygens (including phenoxy) is 1. The first-order chi connectivity index (χ1) is 13.7. The molecule has 3 rings (SSSR count). The lowest BCUT2D eigenvalue weighted by Gasteiger charge is -2.60. The van der Waals surface area contributed by atoms with Crippen LogP contribution in [0.2, 0.25) is 0 Å². The van der Waals surface area contributed by atoms with Crippen molar-refractivity contribution in [2.24, 2.45) is 17.2 Å². The van der Waals surface area contributed by atoms with E-state index in [0.717, 1.165) is 12.8 Å². The zero-order chi connectivity index (χ0) is 21.3. The van der Waals surface area contributed by atoms with Gasteiger partial charge in [-0.15, -0.1) is 0 Å². The van der Waals surface area contributed by atoms with Crippen molar-refractivity contribution in [3.8, 4) is 5.75 Å². The van der Waals surface area contributed by atoms with Crippen molar-refractivity contribution < 1.29 is 9.13 Å². The predicted molar refractivity (Wildman–Crippen MR) is 114 cm³/mol. The Kier molecular flexibility index (Phi) is 6.70. The summed E-state index contributed by atoms with van der Waals surface area (Å²) in [7, 11) is 1.45. The third-order valence-electron chi connectivity index (χ3n) is 6.21. The van der Waals surface area contributed by atoms with Gasteiger partial charge < -0.3 is 15.4 Å². The van der Waals surface area contributed by atoms with E-state index in [9.17, 15) is 4.39 Å². The minimum Gasteiger partial charge on any atom is -0.494 e. The Morgan fingerprint density at radius 3 is 2.10 bits per heavy atom. The Hall–Kier alpha value is -1.45. The van der Waals surface area contributed by atoms with E-state index >= 15 is 0 Å². The third kappa shape index (κ3) is 4.36. The molecule has 1 heterocycles. The van der Waals surface area contributed by atoms with Gasteiger partial charge in [-0.3, -0.25) is 11.5 Å². The van der Waals surface area contributed by atoms with E-state index in [4.69, 9.17) is 21.9 Å². The summed E-state index contributed by atoms with van der Waals surface area (Å²) in [4.78, 5) is 6.09. The van der Waals surface area contributed by atoms with E-state index in [-0.39, 0.29) is 17.3 Å². The number of nitrogens with two attached hydrogens (primary N) is 3. The largest absolute Gasteiger partial charge is 0.494 e. The van der Waals surface area contributed by atoms with Gasteiger partial charge in [0.15, 0.2) is 11.6 Å². The van der Waals surface area contributed by atoms with Crippen molar-refractivity contribution in [2.45, 2.75) is 89.7 Å². The van der Waals surface area contributed by atoms with Crippen LogP contribution in [-0.2, 0) is 0 Å². The zero-order valence-corrected chi connectivity index (χ0v) is 18.1. The Morgan fingerprint density at radius 1 is 0.966 bits per heavy atom. The summed E-state index contributed by atoms with van der Waals surface area (Å²) in [6.07, 6.45) is 5.37. The van der Waals surface area contributed by atoms with Crippen LogP contribution >= 0.6 is 0 Å². The first-order valence-electron chi connectivity index (χ1n) is 10.6. The summed E-state index contributed by atoms with van der Waals surface area (Å²) < 4.78 is 19.6. The lowest BCUT2D eigenvalue weighted by atomic mass is 10.0. The molecule has 1 aromatic rings. The lowest BCUT2D eigenvalue weighted by molar-refractivity contribution is -0.122. The molecule has 7 nitrogen and oxygen atoms in total. The van der Waals surface area contributed by atoms with Gasteiger partial charge in [0, 0.05) is 23.3 Å². The summed E-state index contributed by atoms with van der Waals surface area (Å²) in [5, 5.41) is 0. The first-order valence-corrected chi connectivity index (χ1v) is 10.6. The van der Waals surface area contributed by atoms with Crippen LogP contribution < -0.4 is 26.8 Å². The third-order valence-corrected chi connectivity index (χ3v) is 6.21. The molecule has 3 atom stereocenters. The van der Waals surface area contributed by atoms with Gasteiger partial charge in [-0.25, -0.2) is 14.2 Å². The number of hydrogen-bond acceptors (Lipinski definition) is 7. The highest BCUT2D eigenvalue weighted by molar-refractivity contribution is 5.51. The van der Waals surface area contributed by atoms with Crippen LogP contribution in [0.15, 0.2) is 18.2 Å². The molecule has 0 spiro atoms. The second-order valence-electron chi connectivity index (χ2n) is 9.14.